The van der Waals surface area contributed by atoms with Crippen molar-refractivity contribution in [2.45, 2.75) is 51.2 Å². The fraction of sp³-hybridized carbons (Fsp3) is 0.500. The van der Waals surface area contributed by atoms with E-state index in [9.17, 15) is 18.0 Å². The van der Waals surface area contributed by atoms with Crippen LogP contribution in [-0.4, -0.2) is 38.6 Å². The first-order valence-electron chi connectivity index (χ1n) is 7.42. The molecule has 134 valence electrons. The number of sulfonamides is 1. The highest BCUT2D eigenvalue weighted by atomic mass is 32.2. The summed E-state index contributed by atoms with van der Waals surface area (Å²) in [6.45, 7) is 8.02. The average molecular weight is 357 g/mol. The molecule has 1 rings (SSSR count). The molecule has 7 nitrogen and oxygen atoms in total. The molecule has 0 bridgehead atoms. The molecule has 0 aliphatic heterocycles. The third kappa shape index (κ3) is 6.67. The number of benzene rings is 1. The maximum Gasteiger partial charge on any atom is 0.344 e. The lowest BCUT2D eigenvalue weighted by Gasteiger charge is -2.19. The fourth-order valence-electron chi connectivity index (χ4n) is 1.73. The molecule has 0 saturated carbocycles. The summed E-state index contributed by atoms with van der Waals surface area (Å²) in [6.07, 6.45) is 0. The Balaban J connectivity index is 2.69. The van der Waals surface area contributed by atoms with Gasteiger partial charge in [0.05, 0.1) is 10.5 Å². The van der Waals surface area contributed by atoms with Crippen LogP contribution in [0.1, 0.15) is 45.0 Å². The van der Waals surface area contributed by atoms with Crippen molar-refractivity contribution in [3.63, 3.8) is 0 Å². The SMILES string of the molecule is CC(C)NS(=O)(=O)c1ccc(C(=O)OCC(=O)OC(C)(C)C)cc1. The zero-order valence-corrected chi connectivity index (χ0v) is 15.3. The summed E-state index contributed by atoms with van der Waals surface area (Å²) in [7, 11) is -3.62. The van der Waals surface area contributed by atoms with Crippen LogP contribution in [0, 0.1) is 0 Å². The Morgan fingerprint density at radius 1 is 1.12 bits per heavy atom. The number of carbonyl (C=O) groups excluding carboxylic acids is 2. The van der Waals surface area contributed by atoms with Crippen molar-refractivity contribution >= 4 is 22.0 Å². The maximum absolute atomic E-state index is 12.0. The van der Waals surface area contributed by atoms with Gasteiger partial charge in [0.1, 0.15) is 5.60 Å². The Bertz CT molecular complexity index is 686. The highest BCUT2D eigenvalue weighted by molar-refractivity contribution is 7.89. The monoisotopic (exact) mass is 357 g/mol. The summed E-state index contributed by atoms with van der Waals surface area (Å²) in [5, 5.41) is 0. The van der Waals surface area contributed by atoms with Crippen LogP contribution < -0.4 is 4.72 Å². The third-order valence-electron chi connectivity index (χ3n) is 2.53. The Morgan fingerprint density at radius 3 is 2.12 bits per heavy atom. The zero-order valence-electron chi connectivity index (χ0n) is 14.5. The average Bonchev–Trinajstić information content (AvgIpc) is 2.41. The van der Waals surface area contributed by atoms with Crippen molar-refractivity contribution in [3.05, 3.63) is 29.8 Å². The standard InChI is InChI=1S/C16H23NO6S/c1-11(2)17-24(20,21)13-8-6-12(7-9-13)15(19)22-10-14(18)23-16(3,4)5/h6-9,11,17H,10H2,1-5H3. The molecule has 1 aromatic carbocycles. The minimum atomic E-state index is -3.62. The van der Waals surface area contributed by atoms with Gasteiger partial charge in [-0.1, -0.05) is 0 Å². The second kappa shape index (κ2) is 7.76. The van der Waals surface area contributed by atoms with Gasteiger partial charge in [-0.25, -0.2) is 22.7 Å². The number of hydrogen-bond acceptors (Lipinski definition) is 6. The van der Waals surface area contributed by atoms with E-state index < -0.39 is 34.2 Å². The summed E-state index contributed by atoms with van der Waals surface area (Å²) in [5.74, 6) is -1.39. The fourth-order valence-corrected chi connectivity index (χ4v) is 2.98. The summed E-state index contributed by atoms with van der Waals surface area (Å²) >= 11 is 0. The van der Waals surface area contributed by atoms with Crippen LogP contribution in [0.4, 0.5) is 0 Å². The van der Waals surface area contributed by atoms with E-state index in [1.54, 1.807) is 34.6 Å². The van der Waals surface area contributed by atoms with E-state index in [0.29, 0.717) is 0 Å². The molecule has 24 heavy (non-hydrogen) atoms. The first-order chi connectivity index (χ1) is 10.9. The molecule has 0 heterocycles. The molecule has 0 unspecified atom stereocenters. The predicted molar refractivity (Wildman–Crippen MR) is 88.0 cm³/mol. The lowest BCUT2D eigenvalue weighted by atomic mass is 10.2. The van der Waals surface area contributed by atoms with Crippen LogP contribution in [-0.2, 0) is 24.3 Å². The number of carbonyl (C=O) groups is 2. The third-order valence-corrected chi connectivity index (χ3v) is 4.21. The van der Waals surface area contributed by atoms with Gasteiger partial charge in [-0.15, -0.1) is 0 Å². The highest BCUT2D eigenvalue weighted by Crippen LogP contribution is 2.12. The van der Waals surface area contributed by atoms with Crippen molar-refractivity contribution in [1.29, 1.82) is 0 Å². The molecule has 1 N–H and O–H groups in total. The molecule has 0 amide bonds. The Labute approximate surface area is 142 Å². The molecule has 0 saturated heterocycles. The first-order valence-corrected chi connectivity index (χ1v) is 8.90. The summed E-state index contributed by atoms with van der Waals surface area (Å²) in [5.41, 5.74) is -0.523. The second-order valence-corrected chi connectivity index (χ2v) is 8.18. The lowest BCUT2D eigenvalue weighted by Crippen LogP contribution is -2.30. The smallest absolute Gasteiger partial charge is 0.344 e. The molecule has 0 fully saturated rings. The minimum absolute atomic E-state index is 0.0416. The van der Waals surface area contributed by atoms with E-state index in [1.807, 2.05) is 0 Å². The molecule has 0 aliphatic rings. The van der Waals surface area contributed by atoms with Crippen LogP contribution in [0.25, 0.3) is 0 Å². The topological polar surface area (TPSA) is 98.8 Å². The number of hydrogen-bond donors (Lipinski definition) is 1. The van der Waals surface area contributed by atoms with Gasteiger partial charge in [-0.2, -0.15) is 0 Å². The van der Waals surface area contributed by atoms with Gasteiger partial charge in [-0.05, 0) is 58.9 Å². The summed E-state index contributed by atoms with van der Waals surface area (Å²) < 4.78 is 36.3. The molecule has 0 radical (unpaired) electrons. The summed E-state index contributed by atoms with van der Waals surface area (Å²) in [4.78, 5) is 23.4. The van der Waals surface area contributed by atoms with Crippen molar-refractivity contribution in [3.8, 4) is 0 Å². The second-order valence-electron chi connectivity index (χ2n) is 6.46. The summed E-state index contributed by atoms with van der Waals surface area (Å²) in [6, 6.07) is 5.01. The molecule has 0 aliphatic carbocycles. The van der Waals surface area contributed by atoms with Crippen LogP contribution in [0.2, 0.25) is 0 Å². The van der Waals surface area contributed by atoms with Gasteiger partial charge < -0.3 is 9.47 Å². The first kappa shape index (κ1) is 20.1. The highest BCUT2D eigenvalue weighted by Gasteiger charge is 2.19. The van der Waals surface area contributed by atoms with Gasteiger partial charge in [0, 0.05) is 6.04 Å². The van der Waals surface area contributed by atoms with Crippen molar-refractivity contribution in [1.82, 2.24) is 4.72 Å². The number of ether oxygens (including phenoxy) is 2. The van der Waals surface area contributed by atoms with Gasteiger partial charge in [0.25, 0.3) is 0 Å². The molecule has 0 aromatic heterocycles. The van der Waals surface area contributed by atoms with Gasteiger partial charge in [-0.3, -0.25) is 0 Å². The normalized spacial score (nSPS) is 12.1. The molecule has 0 atom stereocenters. The Morgan fingerprint density at radius 2 is 1.67 bits per heavy atom. The van der Waals surface area contributed by atoms with E-state index in [1.165, 1.54) is 24.3 Å². The van der Waals surface area contributed by atoms with Gasteiger partial charge in [0.15, 0.2) is 6.61 Å². The molecular weight excluding hydrogens is 334 g/mol. The van der Waals surface area contributed by atoms with Gasteiger partial charge in [0.2, 0.25) is 10.0 Å². The van der Waals surface area contributed by atoms with E-state index in [0.717, 1.165) is 0 Å². The van der Waals surface area contributed by atoms with E-state index >= 15 is 0 Å². The van der Waals surface area contributed by atoms with E-state index in [2.05, 4.69) is 4.72 Å². The van der Waals surface area contributed by atoms with Crippen molar-refractivity contribution in [2.75, 3.05) is 6.61 Å². The lowest BCUT2D eigenvalue weighted by molar-refractivity contribution is -0.158. The predicted octanol–water partition coefficient (Wildman–Crippen LogP) is 1.87. The van der Waals surface area contributed by atoms with Crippen molar-refractivity contribution < 1.29 is 27.5 Å². The molecule has 0 spiro atoms. The van der Waals surface area contributed by atoms with Crippen molar-refractivity contribution in [2.24, 2.45) is 0 Å². The van der Waals surface area contributed by atoms with Crippen LogP contribution in [0.15, 0.2) is 29.2 Å². The van der Waals surface area contributed by atoms with Crippen LogP contribution >= 0.6 is 0 Å². The molecule has 1 aromatic rings. The number of esters is 2. The Kier molecular flexibility index (Phi) is 6.50. The molecular formula is C16H23NO6S. The molecule has 8 heteroatoms. The minimum Gasteiger partial charge on any atom is -0.457 e. The zero-order chi connectivity index (χ0) is 18.5. The van der Waals surface area contributed by atoms with Crippen LogP contribution in [0.5, 0.6) is 0 Å². The Hall–Kier alpha value is -1.93. The largest absolute Gasteiger partial charge is 0.457 e. The number of nitrogens with one attached hydrogen (secondary N) is 1. The number of rotatable bonds is 6. The quantitative estimate of drug-likeness (QED) is 0.781. The maximum atomic E-state index is 12.0. The van der Waals surface area contributed by atoms with E-state index in [-0.39, 0.29) is 16.5 Å². The van der Waals surface area contributed by atoms with Gasteiger partial charge >= 0.3 is 11.9 Å². The van der Waals surface area contributed by atoms with E-state index in [4.69, 9.17) is 9.47 Å². The van der Waals surface area contributed by atoms with Crippen LogP contribution in [0.3, 0.4) is 0 Å².